The first kappa shape index (κ1) is 16.2. The van der Waals surface area contributed by atoms with Gasteiger partial charge >= 0.3 is 0 Å². The van der Waals surface area contributed by atoms with Crippen LogP contribution < -0.4 is 16.8 Å². The van der Waals surface area contributed by atoms with Gasteiger partial charge in [-0.1, -0.05) is 19.3 Å². The maximum absolute atomic E-state index is 5.90. The number of benzene rings is 1. The second-order valence-corrected chi connectivity index (χ2v) is 4.33. The van der Waals surface area contributed by atoms with E-state index in [1.54, 1.807) is 0 Å². The zero-order chi connectivity index (χ0) is 10.7. The molecule has 1 saturated carbocycles. The predicted molar refractivity (Wildman–Crippen MR) is 80.3 cm³/mol. The van der Waals surface area contributed by atoms with Gasteiger partial charge in [-0.05, 0) is 31.0 Å². The van der Waals surface area contributed by atoms with Gasteiger partial charge in [0, 0.05) is 11.7 Å². The molecule has 1 aliphatic rings. The van der Waals surface area contributed by atoms with Gasteiger partial charge in [0.15, 0.2) is 0 Å². The molecule has 0 aromatic heterocycles. The van der Waals surface area contributed by atoms with E-state index in [2.05, 4.69) is 5.32 Å². The number of nitrogens with one attached hydrogen (secondary N) is 1. The lowest BCUT2D eigenvalue weighted by molar-refractivity contribution is 0.463. The third kappa shape index (κ3) is 4.52. The van der Waals surface area contributed by atoms with E-state index in [0.29, 0.717) is 6.04 Å². The minimum atomic E-state index is 0. The van der Waals surface area contributed by atoms with Gasteiger partial charge in [0.1, 0.15) is 0 Å². The van der Waals surface area contributed by atoms with Crippen LogP contribution in [0.1, 0.15) is 32.1 Å². The lowest BCUT2D eigenvalue weighted by atomic mass is 9.95. The molecule has 0 saturated heterocycles. The second-order valence-electron chi connectivity index (χ2n) is 4.33. The molecule has 98 valence electrons. The molecule has 0 heterocycles. The normalized spacial score (nSPS) is 15.5. The van der Waals surface area contributed by atoms with Crippen LogP contribution >= 0.6 is 24.8 Å². The molecule has 0 atom stereocenters. The molecule has 17 heavy (non-hydrogen) atoms. The van der Waals surface area contributed by atoms with Gasteiger partial charge in [-0.3, -0.25) is 0 Å². The lowest BCUT2D eigenvalue weighted by Crippen LogP contribution is -2.22. The van der Waals surface area contributed by atoms with Gasteiger partial charge in [-0.15, -0.1) is 24.8 Å². The SMILES string of the molecule is Cl.Cl.Nc1ccc(NC2CCCCC2)c(N)c1. The largest absolute Gasteiger partial charge is 0.399 e. The van der Waals surface area contributed by atoms with Crippen molar-refractivity contribution in [1.82, 2.24) is 0 Å². The summed E-state index contributed by atoms with van der Waals surface area (Å²) in [7, 11) is 0. The minimum Gasteiger partial charge on any atom is -0.399 e. The average molecular weight is 278 g/mol. The molecule has 1 aromatic carbocycles. The van der Waals surface area contributed by atoms with Crippen molar-refractivity contribution in [3.8, 4) is 0 Å². The van der Waals surface area contributed by atoms with E-state index >= 15 is 0 Å². The summed E-state index contributed by atoms with van der Waals surface area (Å²) in [5, 5.41) is 3.50. The third-order valence-corrected chi connectivity index (χ3v) is 3.04. The van der Waals surface area contributed by atoms with Crippen molar-refractivity contribution in [3.05, 3.63) is 18.2 Å². The zero-order valence-electron chi connectivity index (χ0n) is 9.82. The number of anilines is 3. The predicted octanol–water partition coefficient (Wildman–Crippen LogP) is 3.44. The minimum absolute atomic E-state index is 0. The van der Waals surface area contributed by atoms with Crippen LogP contribution in [-0.4, -0.2) is 6.04 Å². The van der Waals surface area contributed by atoms with Gasteiger partial charge in [-0.25, -0.2) is 0 Å². The Morgan fingerprint density at radius 2 is 1.65 bits per heavy atom. The van der Waals surface area contributed by atoms with E-state index in [0.717, 1.165) is 17.1 Å². The maximum Gasteiger partial charge on any atom is 0.0577 e. The van der Waals surface area contributed by atoms with Crippen molar-refractivity contribution in [2.24, 2.45) is 0 Å². The maximum atomic E-state index is 5.90. The average Bonchev–Trinajstić information content (AvgIpc) is 2.24. The van der Waals surface area contributed by atoms with Crippen LogP contribution in [0.3, 0.4) is 0 Å². The van der Waals surface area contributed by atoms with E-state index in [4.69, 9.17) is 11.5 Å². The highest BCUT2D eigenvalue weighted by atomic mass is 35.5. The van der Waals surface area contributed by atoms with Gasteiger partial charge in [0.05, 0.1) is 11.4 Å². The molecule has 1 aliphatic carbocycles. The fourth-order valence-corrected chi connectivity index (χ4v) is 2.18. The highest BCUT2D eigenvalue weighted by Gasteiger charge is 2.13. The smallest absolute Gasteiger partial charge is 0.0577 e. The van der Waals surface area contributed by atoms with Crippen LogP contribution in [0.4, 0.5) is 17.1 Å². The first-order valence-electron chi connectivity index (χ1n) is 5.67. The Bertz CT molecular complexity index is 339. The zero-order valence-corrected chi connectivity index (χ0v) is 11.4. The molecule has 1 fully saturated rings. The number of hydrogen-bond acceptors (Lipinski definition) is 3. The Balaban J connectivity index is 0.00000128. The van der Waals surface area contributed by atoms with Gasteiger partial charge in [0.25, 0.3) is 0 Å². The third-order valence-electron chi connectivity index (χ3n) is 3.04. The van der Waals surface area contributed by atoms with Crippen molar-refractivity contribution in [2.45, 2.75) is 38.1 Å². The van der Waals surface area contributed by atoms with Crippen LogP contribution in [0.15, 0.2) is 18.2 Å². The highest BCUT2D eigenvalue weighted by molar-refractivity contribution is 5.85. The molecule has 5 heteroatoms. The molecule has 2 rings (SSSR count). The standard InChI is InChI=1S/C12H19N3.2ClH/c13-9-6-7-12(11(14)8-9)15-10-4-2-1-3-5-10;;/h6-8,10,15H,1-5,13-14H2;2*1H. The Morgan fingerprint density at radius 1 is 1.00 bits per heavy atom. The molecular formula is C12H21Cl2N3. The quantitative estimate of drug-likeness (QED) is 0.726. The van der Waals surface area contributed by atoms with Crippen molar-refractivity contribution < 1.29 is 0 Å². The summed E-state index contributed by atoms with van der Waals surface area (Å²) in [6, 6.07) is 6.26. The van der Waals surface area contributed by atoms with Gasteiger partial charge in [-0.2, -0.15) is 0 Å². The summed E-state index contributed by atoms with van der Waals surface area (Å²) in [4.78, 5) is 0. The number of hydrogen-bond donors (Lipinski definition) is 3. The number of nitrogen functional groups attached to an aromatic ring is 2. The Kier molecular flexibility index (Phi) is 7.16. The monoisotopic (exact) mass is 277 g/mol. The van der Waals surface area contributed by atoms with E-state index in [9.17, 15) is 0 Å². The van der Waals surface area contributed by atoms with Crippen molar-refractivity contribution in [2.75, 3.05) is 16.8 Å². The molecule has 0 spiro atoms. The van der Waals surface area contributed by atoms with Crippen LogP contribution in [0, 0.1) is 0 Å². The van der Waals surface area contributed by atoms with Crippen molar-refractivity contribution in [1.29, 1.82) is 0 Å². The van der Waals surface area contributed by atoms with Crippen LogP contribution in [0.25, 0.3) is 0 Å². The molecule has 0 radical (unpaired) electrons. The fraction of sp³-hybridized carbons (Fsp3) is 0.500. The fourth-order valence-electron chi connectivity index (χ4n) is 2.18. The summed E-state index contributed by atoms with van der Waals surface area (Å²) in [6.07, 6.45) is 6.53. The van der Waals surface area contributed by atoms with Gasteiger partial charge in [0.2, 0.25) is 0 Å². The number of rotatable bonds is 2. The Morgan fingerprint density at radius 3 is 2.24 bits per heavy atom. The van der Waals surface area contributed by atoms with Gasteiger partial charge < -0.3 is 16.8 Å². The van der Waals surface area contributed by atoms with E-state index in [-0.39, 0.29) is 24.8 Å². The van der Waals surface area contributed by atoms with Crippen molar-refractivity contribution in [3.63, 3.8) is 0 Å². The number of halogens is 2. The molecule has 3 nitrogen and oxygen atoms in total. The van der Waals surface area contributed by atoms with E-state index in [1.165, 1.54) is 32.1 Å². The number of nitrogens with two attached hydrogens (primary N) is 2. The Hall–Kier alpha value is -0.800. The molecule has 0 bridgehead atoms. The first-order valence-corrected chi connectivity index (χ1v) is 5.67. The van der Waals surface area contributed by atoms with Crippen LogP contribution in [0.5, 0.6) is 0 Å². The summed E-state index contributed by atoms with van der Waals surface area (Å²) in [5.41, 5.74) is 14.0. The molecule has 5 N–H and O–H groups in total. The second kappa shape index (κ2) is 7.51. The van der Waals surface area contributed by atoms with Crippen LogP contribution in [0.2, 0.25) is 0 Å². The molecule has 0 amide bonds. The summed E-state index contributed by atoms with van der Waals surface area (Å²) in [5.74, 6) is 0. The van der Waals surface area contributed by atoms with E-state index in [1.807, 2.05) is 18.2 Å². The van der Waals surface area contributed by atoms with Crippen LogP contribution in [-0.2, 0) is 0 Å². The summed E-state index contributed by atoms with van der Waals surface area (Å²) >= 11 is 0. The summed E-state index contributed by atoms with van der Waals surface area (Å²) in [6.45, 7) is 0. The molecule has 0 aliphatic heterocycles. The first-order chi connectivity index (χ1) is 7.25. The molecular weight excluding hydrogens is 257 g/mol. The highest BCUT2D eigenvalue weighted by Crippen LogP contribution is 2.26. The molecule has 1 aromatic rings. The Labute approximate surface area is 115 Å². The van der Waals surface area contributed by atoms with E-state index < -0.39 is 0 Å². The topological polar surface area (TPSA) is 64.1 Å². The summed E-state index contributed by atoms with van der Waals surface area (Å²) < 4.78 is 0. The lowest BCUT2D eigenvalue weighted by Gasteiger charge is -2.24. The molecule has 0 unspecified atom stereocenters. The van der Waals surface area contributed by atoms with Crippen molar-refractivity contribution >= 4 is 41.9 Å².